The molecule has 0 radical (unpaired) electrons. The molecule has 1 fully saturated rings. The molecule has 1 amide bonds. The van der Waals surface area contributed by atoms with Gasteiger partial charge in [-0.05, 0) is 45.2 Å². The summed E-state index contributed by atoms with van der Waals surface area (Å²) in [6.07, 6.45) is 3.50. The number of nitrogens with zero attached hydrogens (tertiary/aromatic N) is 3. The van der Waals surface area contributed by atoms with Gasteiger partial charge in [-0.15, -0.1) is 0 Å². The lowest BCUT2D eigenvalue weighted by Crippen LogP contribution is -2.39. The lowest BCUT2D eigenvalue weighted by molar-refractivity contribution is -0.132. The summed E-state index contributed by atoms with van der Waals surface area (Å²) in [6.45, 7) is 6.69. The standard InChI is InChI=1S/C20H29N3O2/c1-15(2)23-18-10-5-4-9-17(18)21-20(23)16-8-6-12-22(14-16)19(24)11-7-13-25-3/h4-5,9-10,15-16H,6-8,11-14H2,1-3H3/t16-/m0/s1. The number of para-hydroxylation sites is 2. The van der Waals surface area contributed by atoms with Gasteiger partial charge in [0.05, 0.1) is 11.0 Å². The van der Waals surface area contributed by atoms with Crippen LogP contribution in [0.25, 0.3) is 11.0 Å². The van der Waals surface area contributed by atoms with Gasteiger partial charge in [-0.3, -0.25) is 4.79 Å². The average Bonchev–Trinajstić information content (AvgIpc) is 3.02. The van der Waals surface area contributed by atoms with Crippen LogP contribution in [-0.2, 0) is 9.53 Å². The van der Waals surface area contributed by atoms with Crippen molar-refractivity contribution in [3.05, 3.63) is 30.1 Å². The quantitative estimate of drug-likeness (QED) is 0.751. The van der Waals surface area contributed by atoms with Crippen LogP contribution in [0, 0.1) is 0 Å². The Labute approximate surface area is 150 Å². The highest BCUT2D eigenvalue weighted by Gasteiger charge is 2.28. The van der Waals surface area contributed by atoms with E-state index >= 15 is 0 Å². The maximum absolute atomic E-state index is 12.5. The first kappa shape index (κ1) is 17.9. The number of fused-ring (bicyclic) bond motifs is 1. The molecule has 2 aromatic rings. The molecular formula is C20H29N3O2. The van der Waals surface area contributed by atoms with Crippen molar-refractivity contribution in [3.63, 3.8) is 0 Å². The zero-order valence-electron chi connectivity index (χ0n) is 15.6. The second-order valence-corrected chi connectivity index (χ2v) is 7.20. The van der Waals surface area contributed by atoms with Crippen molar-refractivity contribution in [1.82, 2.24) is 14.5 Å². The van der Waals surface area contributed by atoms with E-state index in [4.69, 9.17) is 9.72 Å². The van der Waals surface area contributed by atoms with Crippen LogP contribution in [0.5, 0.6) is 0 Å². The van der Waals surface area contributed by atoms with Crippen molar-refractivity contribution < 1.29 is 9.53 Å². The molecule has 2 heterocycles. The second-order valence-electron chi connectivity index (χ2n) is 7.20. The third-order valence-corrected chi connectivity index (χ3v) is 5.02. The lowest BCUT2D eigenvalue weighted by atomic mass is 9.96. The SMILES string of the molecule is COCCCC(=O)N1CCC[C@H](c2nc3ccccc3n2C(C)C)C1. The molecule has 1 atom stereocenters. The van der Waals surface area contributed by atoms with E-state index in [0.29, 0.717) is 25.0 Å². The highest BCUT2D eigenvalue weighted by Crippen LogP contribution is 2.31. The molecule has 5 heteroatoms. The largest absolute Gasteiger partial charge is 0.385 e. The first-order chi connectivity index (χ1) is 12.1. The van der Waals surface area contributed by atoms with E-state index in [0.717, 1.165) is 43.7 Å². The molecule has 3 rings (SSSR count). The number of likely N-dealkylation sites (tertiary alicyclic amines) is 1. The maximum Gasteiger partial charge on any atom is 0.222 e. The summed E-state index contributed by atoms with van der Waals surface area (Å²) in [6, 6.07) is 8.68. The molecule has 0 saturated carbocycles. The molecule has 0 bridgehead atoms. The van der Waals surface area contributed by atoms with Gasteiger partial charge in [-0.25, -0.2) is 4.98 Å². The normalized spacial score (nSPS) is 18.2. The maximum atomic E-state index is 12.5. The molecule has 0 spiro atoms. The lowest BCUT2D eigenvalue weighted by Gasteiger charge is -2.33. The number of hydrogen-bond donors (Lipinski definition) is 0. The molecule has 0 aliphatic carbocycles. The molecule has 1 aromatic heterocycles. The van der Waals surface area contributed by atoms with Gasteiger partial charge >= 0.3 is 0 Å². The highest BCUT2D eigenvalue weighted by atomic mass is 16.5. The average molecular weight is 343 g/mol. The Bertz CT molecular complexity index is 723. The van der Waals surface area contributed by atoms with Crippen LogP contribution in [0.15, 0.2) is 24.3 Å². The number of benzene rings is 1. The van der Waals surface area contributed by atoms with E-state index in [1.807, 2.05) is 11.0 Å². The molecule has 1 aliphatic heterocycles. The summed E-state index contributed by atoms with van der Waals surface area (Å²) >= 11 is 0. The number of imidazole rings is 1. The number of amides is 1. The third kappa shape index (κ3) is 3.87. The number of aromatic nitrogens is 2. The molecule has 1 aliphatic rings. The van der Waals surface area contributed by atoms with E-state index in [-0.39, 0.29) is 5.91 Å². The van der Waals surface area contributed by atoms with Gasteiger partial charge < -0.3 is 14.2 Å². The Balaban J connectivity index is 1.80. The molecule has 1 aromatic carbocycles. The van der Waals surface area contributed by atoms with E-state index in [1.165, 1.54) is 5.52 Å². The molecule has 25 heavy (non-hydrogen) atoms. The first-order valence-corrected chi connectivity index (χ1v) is 9.35. The van der Waals surface area contributed by atoms with Crippen molar-refractivity contribution in [2.75, 3.05) is 26.8 Å². The van der Waals surface area contributed by atoms with Crippen molar-refractivity contribution >= 4 is 16.9 Å². The zero-order chi connectivity index (χ0) is 17.8. The van der Waals surface area contributed by atoms with Gasteiger partial charge in [0.1, 0.15) is 5.82 Å². The van der Waals surface area contributed by atoms with Crippen LogP contribution >= 0.6 is 0 Å². The predicted octanol–water partition coefficient (Wildman–Crippen LogP) is 3.75. The van der Waals surface area contributed by atoms with Crippen LogP contribution in [-0.4, -0.2) is 47.2 Å². The number of carbonyl (C=O) groups excluding carboxylic acids is 1. The minimum absolute atomic E-state index is 0.244. The third-order valence-electron chi connectivity index (χ3n) is 5.02. The number of carbonyl (C=O) groups is 1. The fourth-order valence-corrected chi connectivity index (χ4v) is 3.83. The van der Waals surface area contributed by atoms with Gasteiger partial charge in [-0.2, -0.15) is 0 Å². The number of rotatable bonds is 6. The molecule has 0 unspecified atom stereocenters. The highest BCUT2D eigenvalue weighted by molar-refractivity contribution is 5.77. The summed E-state index contributed by atoms with van der Waals surface area (Å²) in [5.74, 6) is 1.69. The van der Waals surface area contributed by atoms with Crippen LogP contribution < -0.4 is 0 Å². The van der Waals surface area contributed by atoms with Crippen molar-refractivity contribution in [2.45, 2.75) is 51.5 Å². The first-order valence-electron chi connectivity index (χ1n) is 9.35. The molecule has 136 valence electrons. The topological polar surface area (TPSA) is 47.4 Å². The summed E-state index contributed by atoms with van der Waals surface area (Å²) in [4.78, 5) is 19.4. The van der Waals surface area contributed by atoms with E-state index in [2.05, 4.69) is 36.6 Å². The number of ether oxygens (including phenoxy) is 1. The summed E-state index contributed by atoms with van der Waals surface area (Å²) < 4.78 is 7.41. The van der Waals surface area contributed by atoms with Crippen molar-refractivity contribution in [3.8, 4) is 0 Å². The fraction of sp³-hybridized carbons (Fsp3) is 0.600. The minimum Gasteiger partial charge on any atom is -0.385 e. The summed E-state index contributed by atoms with van der Waals surface area (Å²) in [5.41, 5.74) is 2.24. The van der Waals surface area contributed by atoms with Gasteiger partial charge in [0.25, 0.3) is 0 Å². The van der Waals surface area contributed by atoms with Crippen molar-refractivity contribution in [2.24, 2.45) is 0 Å². The van der Waals surface area contributed by atoms with E-state index in [1.54, 1.807) is 7.11 Å². The molecule has 0 N–H and O–H groups in total. The van der Waals surface area contributed by atoms with Crippen LogP contribution in [0.1, 0.15) is 57.3 Å². The van der Waals surface area contributed by atoms with Gasteiger partial charge in [0.2, 0.25) is 5.91 Å². The van der Waals surface area contributed by atoms with Gasteiger partial charge in [0, 0.05) is 45.2 Å². The smallest absolute Gasteiger partial charge is 0.222 e. The minimum atomic E-state index is 0.244. The molecule has 1 saturated heterocycles. The Morgan fingerprint density at radius 1 is 1.36 bits per heavy atom. The Morgan fingerprint density at radius 3 is 2.92 bits per heavy atom. The van der Waals surface area contributed by atoms with Gasteiger partial charge in [0.15, 0.2) is 0 Å². The Morgan fingerprint density at radius 2 is 2.16 bits per heavy atom. The zero-order valence-corrected chi connectivity index (χ0v) is 15.6. The molecular weight excluding hydrogens is 314 g/mol. The summed E-state index contributed by atoms with van der Waals surface area (Å²) in [5, 5.41) is 0. The Hall–Kier alpha value is -1.88. The second kappa shape index (κ2) is 8.00. The number of hydrogen-bond acceptors (Lipinski definition) is 3. The van der Waals surface area contributed by atoms with E-state index < -0.39 is 0 Å². The fourth-order valence-electron chi connectivity index (χ4n) is 3.83. The van der Waals surface area contributed by atoms with Crippen molar-refractivity contribution in [1.29, 1.82) is 0 Å². The van der Waals surface area contributed by atoms with Crippen LogP contribution in [0.4, 0.5) is 0 Å². The summed E-state index contributed by atoms with van der Waals surface area (Å²) in [7, 11) is 1.68. The van der Waals surface area contributed by atoms with Gasteiger partial charge in [-0.1, -0.05) is 12.1 Å². The number of methoxy groups -OCH3 is 1. The Kier molecular flexibility index (Phi) is 5.74. The van der Waals surface area contributed by atoms with E-state index in [9.17, 15) is 4.79 Å². The number of piperidine rings is 1. The van der Waals surface area contributed by atoms with Crippen LogP contribution in [0.2, 0.25) is 0 Å². The molecule has 5 nitrogen and oxygen atoms in total. The predicted molar refractivity (Wildman–Crippen MR) is 99.8 cm³/mol. The monoisotopic (exact) mass is 343 g/mol. The van der Waals surface area contributed by atoms with Crippen LogP contribution in [0.3, 0.4) is 0 Å².